The Hall–Kier alpha value is -3.46. The van der Waals surface area contributed by atoms with Crippen LogP contribution in [0.2, 0.25) is 0 Å². The quantitative estimate of drug-likeness (QED) is 0.412. The van der Waals surface area contributed by atoms with Gasteiger partial charge in [0.15, 0.2) is 0 Å². The van der Waals surface area contributed by atoms with Crippen molar-refractivity contribution in [3.8, 4) is 22.0 Å². The Balaban J connectivity index is 1.44. The number of benzene rings is 2. The number of rotatable bonds is 5. The predicted octanol–water partition coefficient (Wildman–Crippen LogP) is 5.97. The number of hydrogen-bond donors (Lipinski definition) is 1. The summed E-state index contributed by atoms with van der Waals surface area (Å²) in [4.78, 5) is 20.9. The molecule has 0 bridgehead atoms. The van der Waals surface area contributed by atoms with Gasteiger partial charge in [0.05, 0.1) is 23.9 Å². The molecule has 5 nitrogen and oxygen atoms in total. The maximum atomic E-state index is 12.9. The van der Waals surface area contributed by atoms with Crippen LogP contribution in [0.15, 0.2) is 64.5 Å². The Morgan fingerprint density at radius 2 is 1.90 bits per heavy atom. The molecular weight excluding hydrogens is 427 g/mol. The largest absolute Gasteiger partial charge is 0.441 e. The van der Waals surface area contributed by atoms with E-state index in [0.29, 0.717) is 33.6 Å². The minimum Gasteiger partial charge on any atom is -0.441 e. The molecule has 0 saturated carbocycles. The lowest BCUT2D eigenvalue weighted by Gasteiger charge is -2.07. The zero-order valence-corrected chi connectivity index (χ0v) is 17.1. The number of aromatic nitrogens is 2. The van der Waals surface area contributed by atoms with E-state index in [1.165, 1.54) is 17.4 Å². The van der Waals surface area contributed by atoms with E-state index in [1.807, 2.05) is 6.07 Å². The lowest BCUT2D eigenvalue weighted by molar-refractivity contribution is -0.137. The van der Waals surface area contributed by atoms with Crippen LogP contribution >= 0.6 is 11.3 Å². The number of oxazole rings is 1. The van der Waals surface area contributed by atoms with E-state index in [0.717, 1.165) is 17.7 Å². The molecule has 2 aromatic carbocycles. The second-order valence-corrected chi connectivity index (χ2v) is 7.66. The smallest absolute Gasteiger partial charge is 0.416 e. The van der Waals surface area contributed by atoms with E-state index in [9.17, 15) is 18.0 Å². The number of nitrogens with one attached hydrogen (secondary N) is 1. The summed E-state index contributed by atoms with van der Waals surface area (Å²) in [5.74, 6) is 0.852. The second kappa shape index (κ2) is 8.35. The third-order valence-corrected chi connectivity index (χ3v) is 5.28. The number of thiazole rings is 1. The van der Waals surface area contributed by atoms with Crippen molar-refractivity contribution in [2.45, 2.75) is 19.5 Å². The minimum atomic E-state index is -4.42. The molecule has 0 fully saturated rings. The summed E-state index contributed by atoms with van der Waals surface area (Å²) in [5, 5.41) is 4.89. The summed E-state index contributed by atoms with van der Waals surface area (Å²) in [6.45, 7) is 1.80. The Bertz CT molecular complexity index is 1230. The first-order valence-corrected chi connectivity index (χ1v) is 10.1. The molecule has 1 amide bonds. The number of hydrogen-bond acceptors (Lipinski definition) is 5. The number of aryl methyl sites for hydroxylation is 1. The molecule has 2 heterocycles. The third kappa shape index (κ3) is 5.00. The van der Waals surface area contributed by atoms with Gasteiger partial charge in [0, 0.05) is 22.2 Å². The van der Waals surface area contributed by atoms with Gasteiger partial charge in [-0.25, -0.2) is 9.97 Å². The lowest BCUT2D eigenvalue weighted by atomic mass is 10.1. The van der Waals surface area contributed by atoms with Gasteiger partial charge in [0.1, 0.15) is 10.8 Å². The first-order chi connectivity index (χ1) is 14.8. The van der Waals surface area contributed by atoms with E-state index in [-0.39, 0.29) is 12.3 Å². The molecule has 4 aromatic rings. The van der Waals surface area contributed by atoms with Crippen molar-refractivity contribution in [1.29, 1.82) is 0 Å². The van der Waals surface area contributed by atoms with Gasteiger partial charge in [0.25, 0.3) is 0 Å². The van der Waals surface area contributed by atoms with Crippen molar-refractivity contribution in [2.75, 3.05) is 5.32 Å². The summed E-state index contributed by atoms with van der Waals surface area (Å²) in [6.07, 6.45) is -2.81. The van der Waals surface area contributed by atoms with Gasteiger partial charge >= 0.3 is 6.18 Å². The molecule has 0 aliphatic heterocycles. The van der Waals surface area contributed by atoms with E-state index in [1.54, 1.807) is 42.8 Å². The molecule has 0 spiro atoms. The molecule has 158 valence electrons. The molecule has 0 unspecified atom stereocenters. The average molecular weight is 443 g/mol. The Morgan fingerprint density at radius 1 is 1.13 bits per heavy atom. The van der Waals surface area contributed by atoms with Gasteiger partial charge in [-0.1, -0.05) is 18.2 Å². The zero-order chi connectivity index (χ0) is 22.0. The van der Waals surface area contributed by atoms with Crippen LogP contribution in [-0.2, 0) is 17.4 Å². The highest BCUT2D eigenvalue weighted by Gasteiger charge is 2.30. The standard InChI is InChI=1S/C22H16F3N3O2S/c1-13-11-26-20(30-13)14-4-3-7-17(9-14)27-19(29)10-18-12-31-21(28-18)15-5-2-6-16(8-15)22(23,24)25/h2-9,11-12H,10H2,1H3,(H,27,29). The zero-order valence-electron chi connectivity index (χ0n) is 16.2. The third-order valence-electron chi connectivity index (χ3n) is 4.34. The van der Waals surface area contributed by atoms with Crippen molar-refractivity contribution in [3.63, 3.8) is 0 Å². The molecule has 2 aromatic heterocycles. The van der Waals surface area contributed by atoms with Crippen LogP contribution in [0.3, 0.4) is 0 Å². The monoisotopic (exact) mass is 443 g/mol. The topological polar surface area (TPSA) is 68.0 Å². The van der Waals surface area contributed by atoms with Crippen LogP contribution in [0.1, 0.15) is 17.0 Å². The van der Waals surface area contributed by atoms with Gasteiger partial charge in [0.2, 0.25) is 11.8 Å². The van der Waals surface area contributed by atoms with E-state index in [2.05, 4.69) is 15.3 Å². The first kappa shape index (κ1) is 20.8. The molecule has 31 heavy (non-hydrogen) atoms. The van der Waals surface area contributed by atoms with E-state index < -0.39 is 11.7 Å². The molecule has 1 N–H and O–H groups in total. The molecule has 4 rings (SSSR count). The van der Waals surface area contributed by atoms with Gasteiger partial charge in [-0.15, -0.1) is 11.3 Å². The summed E-state index contributed by atoms with van der Waals surface area (Å²) < 4.78 is 44.3. The predicted molar refractivity (Wildman–Crippen MR) is 112 cm³/mol. The molecular formula is C22H16F3N3O2S. The van der Waals surface area contributed by atoms with Gasteiger partial charge < -0.3 is 9.73 Å². The Kier molecular flexibility index (Phi) is 5.60. The van der Waals surface area contributed by atoms with Crippen molar-refractivity contribution >= 4 is 22.9 Å². The maximum Gasteiger partial charge on any atom is 0.416 e. The lowest BCUT2D eigenvalue weighted by Crippen LogP contribution is -2.14. The van der Waals surface area contributed by atoms with Crippen molar-refractivity contribution in [3.05, 3.63) is 77.1 Å². The van der Waals surface area contributed by atoms with Crippen LogP contribution in [0.4, 0.5) is 18.9 Å². The number of carbonyl (C=O) groups is 1. The summed E-state index contributed by atoms with van der Waals surface area (Å²) in [7, 11) is 0. The molecule has 0 aliphatic rings. The number of alkyl halides is 3. The van der Waals surface area contributed by atoms with Crippen molar-refractivity contribution in [2.24, 2.45) is 0 Å². The summed E-state index contributed by atoms with van der Waals surface area (Å²) in [5.41, 5.74) is 1.41. The molecule has 0 aliphatic carbocycles. The number of nitrogens with zero attached hydrogens (tertiary/aromatic N) is 2. The highest BCUT2D eigenvalue weighted by molar-refractivity contribution is 7.13. The Morgan fingerprint density at radius 3 is 2.65 bits per heavy atom. The molecule has 0 atom stereocenters. The van der Waals surface area contributed by atoms with Crippen LogP contribution < -0.4 is 5.32 Å². The SMILES string of the molecule is Cc1cnc(-c2cccc(NC(=O)Cc3csc(-c4cccc(C(F)(F)F)c4)n3)c2)o1. The number of anilines is 1. The van der Waals surface area contributed by atoms with Crippen molar-refractivity contribution in [1.82, 2.24) is 9.97 Å². The summed E-state index contributed by atoms with van der Waals surface area (Å²) >= 11 is 1.19. The highest BCUT2D eigenvalue weighted by atomic mass is 32.1. The second-order valence-electron chi connectivity index (χ2n) is 6.80. The van der Waals surface area contributed by atoms with Crippen LogP contribution in [0.5, 0.6) is 0 Å². The van der Waals surface area contributed by atoms with Crippen LogP contribution in [0.25, 0.3) is 22.0 Å². The first-order valence-electron chi connectivity index (χ1n) is 9.23. The number of halogens is 3. The normalized spacial score (nSPS) is 11.5. The van der Waals surface area contributed by atoms with Crippen LogP contribution in [-0.4, -0.2) is 15.9 Å². The molecule has 0 saturated heterocycles. The number of carbonyl (C=O) groups excluding carboxylic acids is 1. The van der Waals surface area contributed by atoms with Crippen molar-refractivity contribution < 1.29 is 22.4 Å². The van der Waals surface area contributed by atoms with E-state index >= 15 is 0 Å². The fraction of sp³-hybridized carbons (Fsp3) is 0.136. The van der Waals surface area contributed by atoms with Gasteiger partial charge in [-0.3, -0.25) is 4.79 Å². The summed E-state index contributed by atoms with van der Waals surface area (Å²) in [6, 6.07) is 12.1. The fourth-order valence-electron chi connectivity index (χ4n) is 2.94. The molecule has 9 heteroatoms. The van der Waals surface area contributed by atoms with Crippen LogP contribution in [0, 0.1) is 6.92 Å². The fourth-order valence-corrected chi connectivity index (χ4v) is 3.75. The Labute approximate surface area is 179 Å². The molecule has 0 radical (unpaired) electrons. The van der Waals surface area contributed by atoms with Gasteiger partial charge in [-0.2, -0.15) is 13.2 Å². The average Bonchev–Trinajstić information content (AvgIpc) is 3.37. The maximum absolute atomic E-state index is 12.9. The highest BCUT2D eigenvalue weighted by Crippen LogP contribution is 2.33. The minimum absolute atomic E-state index is 0.00218. The van der Waals surface area contributed by atoms with E-state index in [4.69, 9.17) is 4.42 Å². The van der Waals surface area contributed by atoms with Gasteiger partial charge in [-0.05, 0) is 37.3 Å². The number of amides is 1.